The normalized spacial score (nSPS) is 12.0. The standard InChI is InChI=1S/C22H29NOS/c1-5-6-8-16-20(19-14-9-7-10-15-19)25-22(24)23(4)21-17(2)12-11-13-18(21)3/h7,9-15,20H,5-6,8,16H2,1-4H3/t20-/m1/s1. The minimum absolute atomic E-state index is 0.114. The van der Waals surface area contributed by atoms with E-state index in [9.17, 15) is 4.79 Å². The average molecular weight is 356 g/mol. The molecule has 0 fully saturated rings. The first-order valence-corrected chi connectivity index (χ1v) is 9.98. The highest BCUT2D eigenvalue weighted by Crippen LogP contribution is 2.37. The molecule has 2 aromatic rings. The third-order valence-corrected chi connectivity index (χ3v) is 5.80. The third-order valence-electron chi connectivity index (χ3n) is 4.53. The maximum atomic E-state index is 13.0. The molecule has 1 atom stereocenters. The fraction of sp³-hybridized carbons (Fsp3) is 0.409. The van der Waals surface area contributed by atoms with Crippen molar-refractivity contribution in [1.82, 2.24) is 0 Å². The average Bonchev–Trinajstić information content (AvgIpc) is 2.61. The molecule has 0 spiro atoms. The zero-order valence-electron chi connectivity index (χ0n) is 15.8. The first kappa shape index (κ1) is 19.6. The number of unbranched alkanes of at least 4 members (excludes halogenated alkanes) is 2. The number of benzene rings is 2. The molecule has 0 aliphatic rings. The third kappa shape index (κ3) is 5.37. The van der Waals surface area contributed by atoms with Crippen molar-refractivity contribution in [1.29, 1.82) is 0 Å². The lowest BCUT2D eigenvalue weighted by Crippen LogP contribution is -2.24. The highest BCUT2D eigenvalue weighted by Gasteiger charge is 2.21. The molecule has 0 N–H and O–H groups in total. The molecule has 2 rings (SSSR count). The molecule has 0 unspecified atom stereocenters. The second kappa shape index (κ2) is 9.67. The maximum absolute atomic E-state index is 13.0. The van der Waals surface area contributed by atoms with Crippen molar-refractivity contribution in [3.05, 3.63) is 65.2 Å². The van der Waals surface area contributed by atoms with Gasteiger partial charge in [-0.2, -0.15) is 0 Å². The largest absolute Gasteiger partial charge is 0.306 e. The van der Waals surface area contributed by atoms with Crippen LogP contribution in [0.15, 0.2) is 48.5 Å². The minimum Gasteiger partial charge on any atom is -0.306 e. The van der Waals surface area contributed by atoms with E-state index in [1.165, 1.54) is 30.2 Å². The number of hydrogen-bond donors (Lipinski definition) is 0. The Morgan fingerprint density at radius 2 is 1.64 bits per heavy atom. The van der Waals surface area contributed by atoms with E-state index in [0.717, 1.165) is 29.7 Å². The van der Waals surface area contributed by atoms with Crippen LogP contribution in [-0.4, -0.2) is 12.3 Å². The summed E-state index contributed by atoms with van der Waals surface area (Å²) in [6.45, 7) is 6.34. The van der Waals surface area contributed by atoms with Crippen molar-refractivity contribution in [2.24, 2.45) is 0 Å². The fourth-order valence-corrected chi connectivity index (χ4v) is 4.24. The second-order valence-corrected chi connectivity index (χ2v) is 7.73. The van der Waals surface area contributed by atoms with E-state index in [0.29, 0.717) is 0 Å². The highest BCUT2D eigenvalue weighted by atomic mass is 32.2. The summed E-state index contributed by atoms with van der Waals surface area (Å²) in [7, 11) is 1.89. The van der Waals surface area contributed by atoms with Crippen molar-refractivity contribution >= 4 is 22.7 Å². The van der Waals surface area contributed by atoms with Crippen LogP contribution in [0.3, 0.4) is 0 Å². The van der Waals surface area contributed by atoms with Crippen LogP contribution in [0, 0.1) is 13.8 Å². The maximum Gasteiger partial charge on any atom is 0.286 e. The van der Waals surface area contributed by atoms with Crippen molar-refractivity contribution in [3.63, 3.8) is 0 Å². The fourth-order valence-electron chi connectivity index (χ4n) is 3.17. The Morgan fingerprint density at radius 3 is 2.24 bits per heavy atom. The van der Waals surface area contributed by atoms with Gasteiger partial charge < -0.3 is 4.90 Å². The lowest BCUT2D eigenvalue weighted by Gasteiger charge is -2.24. The summed E-state index contributed by atoms with van der Waals surface area (Å²) in [5.74, 6) is 0. The number of carbonyl (C=O) groups is 1. The van der Waals surface area contributed by atoms with Gasteiger partial charge in [0, 0.05) is 18.0 Å². The number of anilines is 1. The lowest BCUT2D eigenvalue weighted by atomic mass is 10.1. The number of amides is 1. The van der Waals surface area contributed by atoms with Gasteiger partial charge in [0.25, 0.3) is 5.24 Å². The van der Waals surface area contributed by atoms with Crippen LogP contribution in [0.4, 0.5) is 10.5 Å². The first-order chi connectivity index (χ1) is 12.0. The second-order valence-electron chi connectivity index (χ2n) is 6.58. The monoisotopic (exact) mass is 355 g/mol. The van der Waals surface area contributed by atoms with E-state index in [1.54, 1.807) is 0 Å². The summed E-state index contributed by atoms with van der Waals surface area (Å²) < 4.78 is 0. The van der Waals surface area contributed by atoms with E-state index in [1.807, 2.05) is 24.1 Å². The van der Waals surface area contributed by atoms with Gasteiger partial charge >= 0.3 is 0 Å². The quantitative estimate of drug-likeness (QED) is 0.503. The van der Waals surface area contributed by atoms with E-state index >= 15 is 0 Å². The van der Waals surface area contributed by atoms with Gasteiger partial charge in [0.05, 0.1) is 0 Å². The minimum atomic E-state index is 0.114. The summed E-state index contributed by atoms with van der Waals surface area (Å²) in [6.07, 6.45) is 4.60. The number of carbonyl (C=O) groups excluding carboxylic acids is 1. The summed E-state index contributed by atoms with van der Waals surface area (Å²) in [5, 5.41) is 0.328. The number of thioether (sulfide) groups is 1. The summed E-state index contributed by atoms with van der Waals surface area (Å²) >= 11 is 1.46. The molecule has 1 amide bonds. The molecule has 0 bridgehead atoms. The Bertz CT molecular complexity index is 663. The zero-order valence-corrected chi connectivity index (χ0v) is 16.6. The molecule has 3 heteroatoms. The van der Waals surface area contributed by atoms with Crippen LogP contribution >= 0.6 is 11.8 Å². The molecule has 0 saturated carbocycles. The Kier molecular flexibility index (Phi) is 7.57. The number of nitrogens with zero attached hydrogens (tertiary/aromatic N) is 1. The van der Waals surface area contributed by atoms with Gasteiger partial charge in [0.15, 0.2) is 0 Å². The number of aryl methyl sites for hydroxylation is 2. The van der Waals surface area contributed by atoms with Gasteiger partial charge in [-0.15, -0.1) is 0 Å². The zero-order chi connectivity index (χ0) is 18.2. The predicted octanol–water partition coefficient (Wildman–Crippen LogP) is 6.91. The Morgan fingerprint density at radius 1 is 1.00 bits per heavy atom. The molecular formula is C22H29NOS. The van der Waals surface area contributed by atoms with E-state index in [-0.39, 0.29) is 10.5 Å². The van der Waals surface area contributed by atoms with Crippen LogP contribution in [0.25, 0.3) is 0 Å². The smallest absolute Gasteiger partial charge is 0.286 e. The molecule has 0 saturated heterocycles. The Balaban J connectivity index is 2.15. The summed E-state index contributed by atoms with van der Waals surface area (Å²) in [5.41, 5.74) is 4.55. The Labute approximate surface area is 156 Å². The Hall–Kier alpha value is -1.74. The van der Waals surface area contributed by atoms with Crippen LogP contribution < -0.4 is 4.90 Å². The first-order valence-electron chi connectivity index (χ1n) is 9.10. The molecular weight excluding hydrogens is 326 g/mol. The molecule has 2 nitrogen and oxygen atoms in total. The number of rotatable bonds is 7. The van der Waals surface area contributed by atoms with Crippen molar-refractivity contribution < 1.29 is 4.79 Å². The molecule has 25 heavy (non-hydrogen) atoms. The highest BCUT2D eigenvalue weighted by molar-refractivity contribution is 8.14. The molecule has 134 valence electrons. The van der Waals surface area contributed by atoms with Gasteiger partial charge in [0.2, 0.25) is 0 Å². The van der Waals surface area contributed by atoms with Gasteiger partial charge in [0.1, 0.15) is 0 Å². The number of para-hydroxylation sites is 1. The van der Waals surface area contributed by atoms with Gasteiger partial charge in [-0.25, -0.2) is 0 Å². The van der Waals surface area contributed by atoms with E-state index in [4.69, 9.17) is 0 Å². The predicted molar refractivity (Wildman–Crippen MR) is 111 cm³/mol. The lowest BCUT2D eigenvalue weighted by molar-refractivity contribution is 0.266. The summed E-state index contributed by atoms with van der Waals surface area (Å²) in [4.78, 5) is 14.8. The molecule has 2 aromatic carbocycles. The van der Waals surface area contributed by atoms with Crippen LogP contribution in [-0.2, 0) is 0 Å². The summed E-state index contributed by atoms with van der Waals surface area (Å²) in [6, 6.07) is 16.6. The van der Waals surface area contributed by atoms with Gasteiger partial charge in [-0.05, 0) is 37.0 Å². The van der Waals surface area contributed by atoms with Crippen LogP contribution in [0.2, 0.25) is 0 Å². The molecule has 0 aromatic heterocycles. The van der Waals surface area contributed by atoms with E-state index < -0.39 is 0 Å². The van der Waals surface area contributed by atoms with Crippen molar-refractivity contribution in [3.8, 4) is 0 Å². The topological polar surface area (TPSA) is 20.3 Å². The molecule has 0 aliphatic heterocycles. The van der Waals surface area contributed by atoms with Crippen LogP contribution in [0.5, 0.6) is 0 Å². The number of hydrogen-bond acceptors (Lipinski definition) is 2. The van der Waals surface area contributed by atoms with Crippen molar-refractivity contribution in [2.75, 3.05) is 11.9 Å². The van der Waals surface area contributed by atoms with Gasteiger partial charge in [-0.3, -0.25) is 4.79 Å². The van der Waals surface area contributed by atoms with Crippen LogP contribution in [0.1, 0.15) is 54.5 Å². The van der Waals surface area contributed by atoms with E-state index in [2.05, 4.69) is 57.2 Å². The van der Waals surface area contributed by atoms with Crippen molar-refractivity contribution in [2.45, 2.75) is 51.7 Å². The van der Waals surface area contributed by atoms with Gasteiger partial charge in [-0.1, -0.05) is 86.5 Å². The molecule has 0 radical (unpaired) electrons. The molecule has 0 heterocycles. The SMILES string of the molecule is CCCCC[C@@H](SC(=O)N(C)c1c(C)cccc1C)c1ccccc1. The molecule has 0 aliphatic carbocycles.